The summed E-state index contributed by atoms with van der Waals surface area (Å²) in [5.74, 6) is 2.21. The second kappa shape index (κ2) is 5.71. The number of hydrogen-bond acceptors (Lipinski definition) is 5. The summed E-state index contributed by atoms with van der Waals surface area (Å²) in [6.07, 6.45) is 3.63. The Labute approximate surface area is 160 Å². The van der Waals surface area contributed by atoms with E-state index in [4.69, 9.17) is 9.47 Å². The first-order chi connectivity index (χ1) is 12.9. The molecule has 2 aliphatic heterocycles. The Balaban J connectivity index is 1.67. The summed E-state index contributed by atoms with van der Waals surface area (Å²) in [4.78, 5) is 15.4. The summed E-state index contributed by atoms with van der Waals surface area (Å²) in [6, 6.07) is 3.93. The minimum Gasteiger partial charge on any atom is -0.493 e. The predicted octanol–water partition coefficient (Wildman–Crippen LogP) is 2.60. The first kappa shape index (κ1) is 17.5. The van der Waals surface area contributed by atoms with Gasteiger partial charge in [0.1, 0.15) is 0 Å². The average molecular weight is 371 g/mol. The number of hydrogen-bond donors (Lipinski definition) is 1. The van der Waals surface area contributed by atoms with Gasteiger partial charge >= 0.3 is 0 Å². The van der Waals surface area contributed by atoms with Gasteiger partial charge in [-0.2, -0.15) is 0 Å². The number of aliphatic hydroxyl groups is 1. The molecule has 4 atom stereocenters. The number of rotatable bonds is 3. The zero-order valence-corrected chi connectivity index (χ0v) is 16.5. The van der Waals surface area contributed by atoms with Crippen LogP contribution in [-0.4, -0.2) is 53.7 Å². The van der Waals surface area contributed by atoms with Gasteiger partial charge in [-0.25, -0.2) is 0 Å². The number of carbonyl (C=O) groups is 1. The maximum absolute atomic E-state index is 12.9. The molecule has 5 heteroatoms. The number of ether oxygens (including phenoxy) is 2. The first-order valence-corrected chi connectivity index (χ1v) is 10.3. The summed E-state index contributed by atoms with van der Waals surface area (Å²) in [5, 5.41) is 12.2. The Kier molecular flexibility index (Phi) is 3.70. The molecule has 2 aliphatic carbocycles. The highest BCUT2D eigenvalue weighted by molar-refractivity contribution is 5.89. The van der Waals surface area contributed by atoms with Crippen LogP contribution in [0.15, 0.2) is 12.1 Å². The monoisotopic (exact) mass is 371 g/mol. The molecule has 0 amide bonds. The Hall–Kier alpha value is -1.59. The van der Waals surface area contributed by atoms with Gasteiger partial charge in [0.05, 0.1) is 18.1 Å². The third-order valence-electron chi connectivity index (χ3n) is 7.72. The number of nitrogens with zero attached hydrogens (tertiary/aromatic N) is 1. The molecule has 27 heavy (non-hydrogen) atoms. The van der Waals surface area contributed by atoms with Crippen molar-refractivity contribution < 1.29 is 19.4 Å². The fourth-order valence-electron chi connectivity index (χ4n) is 6.05. The lowest BCUT2D eigenvalue weighted by molar-refractivity contribution is -0.181. The fraction of sp³-hybridized carbons (Fsp3) is 0.682. The molecule has 1 spiro atoms. The highest BCUT2D eigenvalue weighted by Gasteiger charge is 2.70. The van der Waals surface area contributed by atoms with Crippen molar-refractivity contribution in [1.82, 2.24) is 4.90 Å². The quantitative estimate of drug-likeness (QED) is 0.885. The van der Waals surface area contributed by atoms with Gasteiger partial charge in [0.25, 0.3) is 0 Å². The van der Waals surface area contributed by atoms with E-state index in [1.807, 2.05) is 12.1 Å². The number of aryl methyl sites for hydroxylation is 1. The van der Waals surface area contributed by atoms with Gasteiger partial charge in [0, 0.05) is 24.6 Å². The topological polar surface area (TPSA) is 59.0 Å². The van der Waals surface area contributed by atoms with E-state index < -0.39 is 17.1 Å². The van der Waals surface area contributed by atoms with Crippen LogP contribution in [0.2, 0.25) is 0 Å². The van der Waals surface area contributed by atoms with Crippen LogP contribution in [0.1, 0.15) is 50.2 Å². The summed E-state index contributed by atoms with van der Waals surface area (Å²) >= 11 is 0. The van der Waals surface area contributed by atoms with Crippen LogP contribution >= 0.6 is 0 Å². The molecule has 2 saturated carbocycles. The minimum atomic E-state index is -0.971. The predicted molar refractivity (Wildman–Crippen MR) is 101 cm³/mol. The minimum absolute atomic E-state index is 0.00241. The molecule has 0 aromatic heterocycles. The molecule has 146 valence electrons. The highest BCUT2D eigenvalue weighted by Crippen LogP contribution is 2.62. The second-order valence-electron chi connectivity index (χ2n) is 9.01. The van der Waals surface area contributed by atoms with Crippen LogP contribution in [-0.2, 0) is 10.2 Å². The summed E-state index contributed by atoms with van der Waals surface area (Å²) < 4.78 is 11.8. The molecule has 2 heterocycles. The highest BCUT2D eigenvalue weighted by atomic mass is 16.5. The van der Waals surface area contributed by atoms with E-state index in [1.54, 1.807) is 7.11 Å². The lowest BCUT2D eigenvalue weighted by atomic mass is 9.52. The van der Waals surface area contributed by atoms with E-state index in [0.717, 1.165) is 36.6 Å². The van der Waals surface area contributed by atoms with Crippen molar-refractivity contribution in [3.8, 4) is 11.5 Å². The van der Waals surface area contributed by atoms with Crippen LogP contribution in [0.5, 0.6) is 11.5 Å². The largest absolute Gasteiger partial charge is 0.493 e. The third-order valence-corrected chi connectivity index (χ3v) is 7.72. The molecule has 5 nitrogen and oxygen atoms in total. The number of carbonyl (C=O) groups excluding carboxylic acids is 1. The van der Waals surface area contributed by atoms with Crippen molar-refractivity contribution in [2.24, 2.45) is 5.92 Å². The van der Waals surface area contributed by atoms with E-state index in [9.17, 15) is 9.90 Å². The molecule has 0 bridgehead atoms. The number of piperidine rings is 1. The number of Topliss-reactive ketones (excluding diaryl/α,β-unsaturated/α-hetero) is 1. The number of benzene rings is 1. The van der Waals surface area contributed by atoms with Gasteiger partial charge in [-0.1, -0.05) is 6.07 Å². The molecule has 5 rings (SSSR count). The molecule has 1 saturated heterocycles. The van der Waals surface area contributed by atoms with Crippen molar-refractivity contribution >= 4 is 5.78 Å². The normalized spacial score (nSPS) is 38.0. The molecule has 1 aromatic rings. The van der Waals surface area contributed by atoms with E-state index in [2.05, 4.69) is 18.7 Å². The van der Waals surface area contributed by atoms with Gasteiger partial charge in [0.2, 0.25) is 0 Å². The molecule has 1 aromatic carbocycles. The smallest absolute Gasteiger partial charge is 0.174 e. The zero-order valence-electron chi connectivity index (χ0n) is 16.5. The van der Waals surface area contributed by atoms with Gasteiger partial charge in [-0.15, -0.1) is 0 Å². The van der Waals surface area contributed by atoms with Crippen molar-refractivity contribution in [3.63, 3.8) is 0 Å². The van der Waals surface area contributed by atoms with Gasteiger partial charge < -0.3 is 14.6 Å². The van der Waals surface area contributed by atoms with Crippen LogP contribution < -0.4 is 9.47 Å². The lowest BCUT2D eigenvalue weighted by Gasteiger charge is -2.59. The molecular formula is C22H29NO4. The van der Waals surface area contributed by atoms with Crippen molar-refractivity contribution in [2.75, 3.05) is 20.2 Å². The van der Waals surface area contributed by atoms with Crippen LogP contribution in [0.3, 0.4) is 0 Å². The summed E-state index contributed by atoms with van der Waals surface area (Å²) in [5.41, 5.74) is 0.432. The molecule has 0 unspecified atom stereocenters. The van der Waals surface area contributed by atoms with Gasteiger partial charge in [0.15, 0.2) is 23.4 Å². The standard InChI is InChI=1S/C22H29NO4/c1-13-4-7-17(26-3)19-18(13)21-10-11-23(12-15-5-6-15)14(2)22(21,25)9-8-16(24)20(21)27-19/h4,7,14-15,20,25H,5-6,8-12H2,1-3H3/t14-,20+,21+,22-/m1/s1. The first-order valence-electron chi connectivity index (χ1n) is 10.3. The average Bonchev–Trinajstić information content (AvgIpc) is 3.40. The maximum Gasteiger partial charge on any atom is 0.174 e. The Morgan fingerprint density at radius 3 is 2.81 bits per heavy atom. The van der Waals surface area contributed by atoms with Crippen LogP contribution in [0.25, 0.3) is 0 Å². The van der Waals surface area contributed by atoms with E-state index in [0.29, 0.717) is 24.3 Å². The fourth-order valence-corrected chi connectivity index (χ4v) is 6.05. The van der Waals surface area contributed by atoms with Crippen LogP contribution in [0, 0.1) is 12.8 Å². The van der Waals surface area contributed by atoms with Gasteiger partial charge in [-0.3, -0.25) is 9.69 Å². The molecule has 1 N–H and O–H groups in total. The molecule has 4 aliphatic rings. The zero-order chi connectivity index (χ0) is 19.0. The molecule has 3 fully saturated rings. The van der Waals surface area contributed by atoms with Crippen molar-refractivity contribution in [1.29, 1.82) is 0 Å². The van der Waals surface area contributed by atoms with Crippen molar-refractivity contribution in [2.45, 2.75) is 69.1 Å². The van der Waals surface area contributed by atoms with Crippen LogP contribution in [0.4, 0.5) is 0 Å². The summed E-state index contributed by atoms with van der Waals surface area (Å²) in [7, 11) is 1.63. The maximum atomic E-state index is 12.9. The summed E-state index contributed by atoms with van der Waals surface area (Å²) in [6.45, 7) is 6.15. The number of fused-ring (bicyclic) bond motifs is 1. The molecule has 0 radical (unpaired) electrons. The van der Waals surface area contributed by atoms with E-state index in [-0.39, 0.29) is 11.8 Å². The number of ketones is 1. The van der Waals surface area contributed by atoms with E-state index in [1.165, 1.54) is 12.8 Å². The Bertz CT molecular complexity index is 804. The SMILES string of the molecule is COc1ccc(C)c2c1O[C@H]1C(=O)CC[C@@]3(O)[C@@H](C)N(CC4CC4)CC[C@]213. The third kappa shape index (κ3) is 2.16. The number of likely N-dealkylation sites (tertiary alicyclic amines) is 1. The second-order valence-corrected chi connectivity index (χ2v) is 9.01. The van der Waals surface area contributed by atoms with Gasteiger partial charge in [-0.05, 0) is 63.6 Å². The van der Waals surface area contributed by atoms with Crippen molar-refractivity contribution in [3.05, 3.63) is 23.3 Å². The van der Waals surface area contributed by atoms with E-state index >= 15 is 0 Å². The lowest BCUT2D eigenvalue weighted by Crippen LogP contribution is -2.74. The Morgan fingerprint density at radius 1 is 1.33 bits per heavy atom. The molecular weight excluding hydrogens is 342 g/mol. The Morgan fingerprint density at radius 2 is 2.11 bits per heavy atom. The number of methoxy groups -OCH3 is 1.